The van der Waals surface area contributed by atoms with Gasteiger partial charge in [0.15, 0.2) is 0 Å². The Morgan fingerprint density at radius 3 is 2.74 bits per heavy atom. The van der Waals surface area contributed by atoms with Gasteiger partial charge in [-0.05, 0) is 44.9 Å². The number of nitro benzene ring substituents is 1. The largest absolute Gasteiger partial charge is 0.385 e. The van der Waals surface area contributed by atoms with Crippen LogP contribution >= 0.6 is 0 Å². The zero-order chi connectivity index (χ0) is 14.3. The number of hydrogen-bond donors (Lipinski definition) is 3. The van der Waals surface area contributed by atoms with E-state index in [1.165, 1.54) is 6.07 Å². The molecule has 0 radical (unpaired) electrons. The van der Waals surface area contributed by atoms with Crippen molar-refractivity contribution in [1.29, 1.82) is 0 Å². The summed E-state index contributed by atoms with van der Waals surface area (Å²) in [6, 6.07) is 5.20. The molecule has 19 heavy (non-hydrogen) atoms. The highest BCUT2D eigenvalue weighted by atomic mass is 16.6. The number of hydrogen-bond acceptors (Lipinski definition) is 5. The number of nitrogens with two attached hydrogens (primary N) is 2. The summed E-state index contributed by atoms with van der Waals surface area (Å²) in [4.78, 5) is 10.3. The van der Waals surface area contributed by atoms with Gasteiger partial charge in [0.2, 0.25) is 0 Å². The molecular weight excluding hydrogens is 244 g/mol. The molecule has 1 aromatic carbocycles. The van der Waals surface area contributed by atoms with Crippen LogP contribution in [0.4, 0.5) is 11.4 Å². The van der Waals surface area contributed by atoms with E-state index in [1.807, 2.05) is 0 Å². The summed E-state index contributed by atoms with van der Waals surface area (Å²) in [6.07, 6.45) is 2.73. The first-order chi connectivity index (χ1) is 9.04. The van der Waals surface area contributed by atoms with Crippen LogP contribution in [0, 0.1) is 17.0 Å². The number of aryl methyl sites for hydroxylation is 1. The number of nitrogens with zero attached hydrogens (tertiary/aromatic N) is 1. The van der Waals surface area contributed by atoms with Gasteiger partial charge in [0.25, 0.3) is 5.69 Å². The fourth-order valence-electron chi connectivity index (χ4n) is 1.93. The number of anilines is 1. The molecule has 1 atom stereocenters. The molecule has 0 spiro atoms. The maximum atomic E-state index is 10.7. The summed E-state index contributed by atoms with van der Waals surface area (Å²) in [5.74, 6) is 0. The van der Waals surface area contributed by atoms with E-state index in [0.29, 0.717) is 12.1 Å². The predicted octanol–water partition coefficient (Wildman–Crippen LogP) is 1.77. The molecule has 1 unspecified atom stereocenters. The van der Waals surface area contributed by atoms with Crippen LogP contribution in [0.1, 0.15) is 24.8 Å². The standard InChI is InChI=1S/C13H22N4O2/c1-10-9-12(4-5-13(10)17(18)19)16-8-2-3-11(15)6-7-14/h4-5,9,11,16H,2-3,6-8,14-15H2,1H3. The molecule has 5 N–H and O–H groups in total. The fraction of sp³-hybridized carbons (Fsp3) is 0.538. The molecule has 6 nitrogen and oxygen atoms in total. The summed E-state index contributed by atoms with van der Waals surface area (Å²) in [5.41, 5.74) is 13.0. The van der Waals surface area contributed by atoms with Crippen LogP contribution in [-0.2, 0) is 0 Å². The SMILES string of the molecule is Cc1cc(NCCCC(N)CCN)ccc1[N+](=O)[O-]. The average Bonchev–Trinajstić information content (AvgIpc) is 2.34. The second-order valence-electron chi connectivity index (χ2n) is 4.66. The van der Waals surface area contributed by atoms with Gasteiger partial charge >= 0.3 is 0 Å². The molecular formula is C13H22N4O2. The van der Waals surface area contributed by atoms with Gasteiger partial charge in [-0.1, -0.05) is 0 Å². The van der Waals surface area contributed by atoms with E-state index in [4.69, 9.17) is 11.5 Å². The van der Waals surface area contributed by atoms with E-state index in [-0.39, 0.29) is 16.7 Å². The molecule has 0 aromatic heterocycles. The highest BCUT2D eigenvalue weighted by molar-refractivity contribution is 5.53. The van der Waals surface area contributed by atoms with E-state index in [9.17, 15) is 10.1 Å². The summed E-state index contributed by atoms with van der Waals surface area (Å²) in [7, 11) is 0. The quantitative estimate of drug-likeness (QED) is 0.377. The molecule has 0 aliphatic rings. The molecule has 0 bridgehead atoms. The summed E-state index contributed by atoms with van der Waals surface area (Å²) >= 11 is 0. The van der Waals surface area contributed by atoms with Crippen molar-refractivity contribution in [2.45, 2.75) is 32.2 Å². The Bertz CT molecular complexity index is 423. The molecule has 0 heterocycles. The van der Waals surface area contributed by atoms with Crippen LogP contribution in [-0.4, -0.2) is 24.1 Å². The number of rotatable bonds is 8. The minimum atomic E-state index is -0.370. The maximum Gasteiger partial charge on any atom is 0.272 e. The Kier molecular flexibility index (Phi) is 6.24. The van der Waals surface area contributed by atoms with Crippen LogP contribution in [0.15, 0.2) is 18.2 Å². The third-order valence-electron chi connectivity index (χ3n) is 3.01. The lowest BCUT2D eigenvalue weighted by atomic mass is 10.1. The molecule has 6 heteroatoms. The first-order valence-electron chi connectivity index (χ1n) is 6.49. The third kappa shape index (κ3) is 5.23. The number of benzene rings is 1. The monoisotopic (exact) mass is 266 g/mol. The first-order valence-corrected chi connectivity index (χ1v) is 6.49. The smallest absolute Gasteiger partial charge is 0.272 e. The minimum Gasteiger partial charge on any atom is -0.385 e. The number of nitro groups is 1. The Labute approximate surface area is 113 Å². The van der Waals surface area contributed by atoms with Gasteiger partial charge in [-0.2, -0.15) is 0 Å². The summed E-state index contributed by atoms with van der Waals surface area (Å²) in [5, 5.41) is 13.9. The highest BCUT2D eigenvalue weighted by Crippen LogP contribution is 2.21. The van der Waals surface area contributed by atoms with Gasteiger partial charge in [-0.3, -0.25) is 10.1 Å². The average molecular weight is 266 g/mol. The van der Waals surface area contributed by atoms with Gasteiger partial charge in [0.05, 0.1) is 4.92 Å². The molecule has 0 aliphatic carbocycles. The molecule has 0 fully saturated rings. The molecule has 0 amide bonds. The Balaban J connectivity index is 2.38. The topological polar surface area (TPSA) is 107 Å². The lowest BCUT2D eigenvalue weighted by molar-refractivity contribution is -0.385. The van der Waals surface area contributed by atoms with E-state index < -0.39 is 0 Å². The van der Waals surface area contributed by atoms with Crippen molar-refractivity contribution in [3.05, 3.63) is 33.9 Å². The maximum absolute atomic E-state index is 10.7. The van der Waals surface area contributed by atoms with Crippen molar-refractivity contribution in [2.24, 2.45) is 11.5 Å². The van der Waals surface area contributed by atoms with Crippen molar-refractivity contribution >= 4 is 11.4 Å². The molecule has 1 aromatic rings. The van der Waals surface area contributed by atoms with Crippen molar-refractivity contribution in [2.75, 3.05) is 18.4 Å². The Hall–Kier alpha value is -1.66. The van der Waals surface area contributed by atoms with Crippen LogP contribution in [0.3, 0.4) is 0 Å². The first kappa shape index (κ1) is 15.4. The summed E-state index contributed by atoms with van der Waals surface area (Å²) < 4.78 is 0. The van der Waals surface area contributed by atoms with Crippen molar-refractivity contribution in [3.63, 3.8) is 0 Å². The van der Waals surface area contributed by atoms with Gasteiger partial charge in [0.1, 0.15) is 0 Å². The van der Waals surface area contributed by atoms with Crippen LogP contribution < -0.4 is 16.8 Å². The molecule has 0 aliphatic heterocycles. The van der Waals surface area contributed by atoms with Crippen molar-refractivity contribution in [1.82, 2.24) is 0 Å². The van der Waals surface area contributed by atoms with Gasteiger partial charge < -0.3 is 16.8 Å². The third-order valence-corrected chi connectivity index (χ3v) is 3.01. The van der Waals surface area contributed by atoms with Crippen molar-refractivity contribution in [3.8, 4) is 0 Å². The van der Waals surface area contributed by atoms with Gasteiger partial charge in [-0.25, -0.2) is 0 Å². The Morgan fingerprint density at radius 2 is 2.16 bits per heavy atom. The van der Waals surface area contributed by atoms with E-state index >= 15 is 0 Å². The van der Waals surface area contributed by atoms with E-state index in [2.05, 4.69) is 5.32 Å². The van der Waals surface area contributed by atoms with E-state index in [1.54, 1.807) is 19.1 Å². The van der Waals surface area contributed by atoms with Crippen molar-refractivity contribution < 1.29 is 4.92 Å². The zero-order valence-electron chi connectivity index (χ0n) is 11.3. The van der Waals surface area contributed by atoms with Crippen LogP contribution in [0.5, 0.6) is 0 Å². The second-order valence-corrected chi connectivity index (χ2v) is 4.66. The lowest BCUT2D eigenvalue weighted by Crippen LogP contribution is -2.24. The molecule has 1 rings (SSSR count). The normalized spacial score (nSPS) is 12.2. The van der Waals surface area contributed by atoms with Crippen LogP contribution in [0.2, 0.25) is 0 Å². The van der Waals surface area contributed by atoms with Gasteiger partial charge in [-0.15, -0.1) is 0 Å². The van der Waals surface area contributed by atoms with Crippen LogP contribution in [0.25, 0.3) is 0 Å². The predicted molar refractivity (Wildman–Crippen MR) is 77.2 cm³/mol. The fourth-order valence-corrected chi connectivity index (χ4v) is 1.93. The molecule has 106 valence electrons. The molecule has 0 saturated carbocycles. The molecule has 0 saturated heterocycles. The lowest BCUT2D eigenvalue weighted by Gasteiger charge is -2.11. The van der Waals surface area contributed by atoms with Gasteiger partial charge in [0, 0.05) is 29.9 Å². The number of nitrogens with one attached hydrogen (secondary N) is 1. The second kappa shape index (κ2) is 7.70. The highest BCUT2D eigenvalue weighted by Gasteiger charge is 2.09. The zero-order valence-corrected chi connectivity index (χ0v) is 11.3. The summed E-state index contributed by atoms with van der Waals surface area (Å²) in [6.45, 7) is 3.16. The Morgan fingerprint density at radius 1 is 1.42 bits per heavy atom. The van der Waals surface area contributed by atoms with E-state index in [0.717, 1.165) is 31.5 Å². The minimum absolute atomic E-state index is 0.149.